The minimum Gasteiger partial charge on any atom is -0.339 e. The minimum atomic E-state index is -4.54. The van der Waals surface area contributed by atoms with Crippen molar-refractivity contribution in [3.63, 3.8) is 0 Å². The fraction of sp³-hybridized carbons (Fsp3) is 0.381. The van der Waals surface area contributed by atoms with Gasteiger partial charge in [-0.05, 0) is 37.5 Å². The van der Waals surface area contributed by atoms with E-state index in [1.165, 1.54) is 18.2 Å². The highest BCUT2D eigenvalue weighted by atomic mass is 19.4. The SMILES string of the molecule is CCc1cc(C(F)(F)F)n2nc(C3CCN(C(=O)c4ccccc4F)CC3)cc2n1. The number of carbonyl (C=O) groups is 1. The van der Waals surface area contributed by atoms with Gasteiger partial charge in [0.25, 0.3) is 5.91 Å². The number of rotatable bonds is 3. The van der Waals surface area contributed by atoms with Crippen molar-refractivity contribution in [1.82, 2.24) is 19.5 Å². The molecule has 0 bridgehead atoms. The van der Waals surface area contributed by atoms with Crippen LogP contribution in [0, 0.1) is 5.82 Å². The number of hydrogen-bond donors (Lipinski definition) is 0. The number of fused-ring (bicyclic) bond motifs is 1. The molecule has 1 aliphatic heterocycles. The Morgan fingerprint density at radius 2 is 1.87 bits per heavy atom. The Bertz CT molecular complexity index is 1080. The molecule has 2 aromatic heterocycles. The largest absolute Gasteiger partial charge is 0.433 e. The molecule has 5 nitrogen and oxygen atoms in total. The molecular formula is C21H20F4N4O. The van der Waals surface area contributed by atoms with E-state index >= 15 is 0 Å². The molecular weight excluding hydrogens is 400 g/mol. The van der Waals surface area contributed by atoms with Crippen LogP contribution < -0.4 is 0 Å². The zero-order valence-electron chi connectivity index (χ0n) is 16.3. The van der Waals surface area contributed by atoms with Gasteiger partial charge in [-0.1, -0.05) is 19.1 Å². The predicted octanol–water partition coefficient (Wildman–Crippen LogP) is 4.47. The van der Waals surface area contributed by atoms with E-state index in [0.717, 1.165) is 10.6 Å². The summed E-state index contributed by atoms with van der Waals surface area (Å²) in [5.74, 6) is -1.04. The van der Waals surface area contributed by atoms with Gasteiger partial charge in [0.2, 0.25) is 0 Å². The van der Waals surface area contributed by atoms with E-state index < -0.39 is 17.7 Å². The van der Waals surface area contributed by atoms with E-state index in [4.69, 9.17) is 0 Å². The average Bonchev–Trinajstić information content (AvgIpc) is 3.16. The predicted molar refractivity (Wildman–Crippen MR) is 102 cm³/mol. The summed E-state index contributed by atoms with van der Waals surface area (Å²) in [6.07, 6.45) is -3.08. The first kappa shape index (κ1) is 20.3. The van der Waals surface area contributed by atoms with E-state index in [1.54, 1.807) is 24.0 Å². The van der Waals surface area contributed by atoms with Crippen LogP contribution in [0.4, 0.5) is 17.6 Å². The van der Waals surface area contributed by atoms with Crippen LogP contribution in [0.1, 0.15) is 53.1 Å². The summed E-state index contributed by atoms with van der Waals surface area (Å²) >= 11 is 0. The maximum atomic E-state index is 13.9. The molecule has 0 spiro atoms. The monoisotopic (exact) mass is 420 g/mol. The quantitative estimate of drug-likeness (QED) is 0.588. The van der Waals surface area contributed by atoms with Crippen molar-refractivity contribution in [2.24, 2.45) is 0 Å². The molecule has 3 aromatic rings. The molecule has 30 heavy (non-hydrogen) atoms. The van der Waals surface area contributed by atoms with Crippen molar-refractivity contribution in [2.75, 3.05) is 13.1 Å². The number of aryl methyl sites for hydroxylation is 1. The number of amides is 1. The molecule has 1 amide bonds. The Balaban J connectivity index is 1.55. The molecule has 158 valence electrons. The number of likely N-dealkylation sites (tertiary alicyclic amines) is 1. The number of halogens is 4. The molecule has 0 aliphatic carbocycles. The Labute approximate surface area is 170 Å². The number of piperidine rings is 1. The van der Waals surface area contributed by atoms with Crippen LogP contribution in [0.5, 0.6) is 0 Å². The third-order valence-electron chi connectivity index (χ3n) is 5.46. The van der Waals surface area contributed by atoms with E-state index in [1.807, 2.05) is 0 Å². The fourth-order valence-corrected chi connectivity index (χ4v) is 3.81. The molecule has 9 heteroatoms. The van der Waals surface area contributed by atoms with Crippen LogP contribution in [-0.4, -0.2) is 38.5 Å². The van der Waals surface area contributed by atoms with Gasteiger partial charge in [-0.3, -0.25) is 4.79 Å². The van der Waals surface area contributed by atoms with Crippen LogP contribution in [-0.2, 0) is 12.6 Å². The van der Waals surface area contributed by atoms with Crippen LogP contribution >= 0.6 is 0 Å². The van der Waals surface area contributed by atoms with Gasteiger partial charge in [0.05, 0.1) is 11.3 Å². The summed E-state index contributed by atoms with van der Waals surface area (Å²) in [5.41, 5.74) is 0.227. The number of carbonyl (C=O) groups excluding carboxylic acids is 1. The lowest BCUT2D eigenvalue weighted by Gasteiger charge is -2.31. The molecule has 0 unspecified atom stereocenters. The van der Waals surface area contributed by atoms with Crippen molar-refractivity contribution < 1.29 is 22.4 Å². The molecule has 0 saturated carbocycles. The minimum absolute atomic E-state index is 0.0230. The Hall–Kier alpha value is -2.97. The van der Waals surface area contributed by atoms with Gasteiger partial charge in [-0.2, -0.15) is 18.3 Å². The second-order valence-electron chi connectivity index (χ2n) is 7.37. The molecule has 4 rings (SSSR count). The number of aromatic nitrogens is 3. The van der Waals surface area contributed by atoms with E-state index in [2.05, 4.69) is 10.1 Å². The van der Waals surface area contributed by atoms with Crippen molar-refractivity contribution in [1.29, 1.82) is 0 Å². The summed E-state index contributed by atoms with van der Waals surface area (Å²) in [7, 11) is 0. The molecule has 1 aliphatic rings. The molecule has 0 N–H and O–H groups in total. The lowest BCUT2D eigenvalue weighted by atomic mass is 9.93. The number of nitrogens with zero attached hydrogens (tertiary/aromatic N) is 4. The number of benzene rings is 1. The molecule has 1 saturated heterocycles. The normalized spacial score (nSPS) is 15.7. The highest BCUT2D eigenvalue weighted by Gasteiger charge is 2.36. The molecule has 3 heterocycles. The zero-order chi connectivity index (χ0) is 21.5. The Kier molecular flexibility index (Phi) is 5.21. The fourth-order valence-electron chi connectivity index (χ4n) is 3.81. The Morgan fingerprint density at radius 3 is 2.50 bits per heavy atom. The smallest absolute Gasteiger partial charge is 0.339 e. The summed E-state index contributed by atoms with van der Waals surface area (Å²) in [6.45, 7) is 2.51. The lowest BCUT2D eigenvalue weighted by Crippen LogP contribution is -2.38. The van der Waals surface area contributed by atoms with Crippen LogP contribution in [0.15, 0.2) is 36.4 Å². The van der Waals surface area contributed by atoms with E-state index in [9.17, 15) is 22.4 Å². The molecule has 0 radical (unpaired) electrons. The topological polar surface area (TPSA) is 50.5 Å². The second kappa shape index (κ2) is 7.70. The first-order valence-corrected chi connectivity index (χ1v) is 9.78. The third kappa shape index (κ3) is 3.76. The number of alkyl halides is 3. The van der Waals surface area contributed by atoms with Crippen molar-refractivity contribution in [3.05, 3.63) is 64.9 Å². The van der Waals surface area contributed by atoms with Crippen LogP contribution in [0.3, 0.4) is 0 Å². The third-order valence-corrected chi connectivity index (χ3v) is 5.46. The molecule has 0 atom stereocenters. The maximum absolute atomic E-state index is 13.9. The van der Waals surface area contributed by atoms with Crippen molar-refractivity contribution in [2.45, 2.75) is 38.3 Å². The standard InChI is InChI=1S/C21H20F4N4O/c1-2-14-11-18(21(23,24)25)29-19(26-14)12-17(27-29)13-7-9-28(10-8-13)20(30)15-5-3-4-6-16(15)22/h3-6,11-13H,2,7-10H2,1H3. The zero-order valence-corrected chi connectivity index (χ0v) is 16.3. The second-order valence-corrected chi connectivity index (χ2v) is 7.37. The average molecular weight is 420 g/mol. The summed E-state index contributed by atoms with van der Waals surface area (Å²) in [4.78, 5) is 18.4. The van der Waals surface area contributed by atoms with Crippen LogP contribution in [0.25, 0.3) is 5.65 Å². The highest BCUT2D eigenvalue weighted by molar-refractivity contribution is 5.94. The van der Waals surface area contributed by atoms with Crippen molar-refractivity contribution in [3.8, 4) is 0 Å². The van der Waals surface area contributed by atoms with Gasteiger partial charge in [0.1, 0.15) is 11.5 Å². The first-order valence-electron chi connectivity index (χ1n) is 9.78. The number of hydrogen-bond acceptors (Lipinski definition) is 3. The van der Waals surface area contributed by atoms with Crippen molar-refractivity contribution >= 4 is 11.6 Å². The molecule has 1 fully saturated rings. The van der Waals surface area contributed by atoms with Crippen LogP contribution in [0.2, 0.25) is 0 Å². The highest BCUT2D eigenvalue weighted by Crippen LogP contribution is 2.33. The lowest BCUT2D eigenvalue weighted by molar-refractivity contribution is -0.142. The Morgan fingerprint density at radius 1 is 1.17 bits per heavy atom. The van der Waals surface area contributed by atoms with Gasteiger partial charge in [-0.15, -0.1) is 0 Å². The maximum Gasteiger partial charge on any atom is 0.433 e. The molecule has 1 aromatic carbocycles. The van der Waals surface area contributed by atoms with Gasteiger partial charge in [0.15, 0.2) is 5.65 Å². The van der Waals surface area contributed by atoms with Gasteiger partial charge >= 0.3 is 6.18 Å². The van der Waals surface area contributed by atoms with E-state index in [-0.39, 0.29) is 23.0 Å². The first-order chi connectivity index (χ1) is 14.3. The van der Waals surface area contributed by atoms with Gasteiger partial charge in [-0.25, -0.2) is 13.9 Å². The van der Waals surface area contributed by atoms with Gasteiger partial charge in [0, 0.05) is 30.8 Å². The van der Waals surface area contributed by atoms with Gasteiger partial charge < -0.3 is 4.90 Å². The summed E-state index contributed by atoms with van der Waals surface area (Å²) in [5, 5.41) is 4.19. The van der Waals surface area contributed by atoms with E-state index in [0.29, 0.717) is 43.7 Å². The summed E-state index contributed by atoms with van der Waals surface area (Å²) < 4.78 is 55.1. The summed E-state index contributed by atoms with van der Waals surface area (Å²) in [6, 6.07) is 8.44.